The van der Waals surface area contributed by atoms with Crippen LogP contribution in [0.1, 0.15) is 38.7 Å². The molecule has 3 amide bonds. The molecule has 8 heteroatoms. The number of hydrogen-bond donors (Lipinski definition) is 0. The number of imide groups is 1. The highest BCUT2D eigenvalue weighted by Crippen LogP contribution is 2.30. The Morgan fingerprint density at radius 3 is 2.35 bits per heavy atom. The van der Waals surface area contributed by atoms with Crippen molar-refractivity contribution in [3.05, 3.63) is 48.0 Å². The second-order valence-corrected chi connectivity index (χ2v) is 8.01. The number of anilines is 1. The van der Waals surface area contributed by atoms with E-state index in [0.717, 1.165) is 12.0 Å². The van der Waals surface area contributed by atoms with E-state index in [1.165, 1.54) is 9.80 Å². The largest absolute Gasteiger partial charge is 0.494 e. The molecule has 1 aliphatic rings. The van der Waals surface area contributed by atoms with Gasteiger partial charge in [-0.15, -0.1) is 0 Å². The number of methoxy groups -OCH3 is 2. The highest BCUT2D eigenvalue weighted by molar-refractivity contribution is 6.23. The summed E-state index contributed by atoms with van der Waals surface area (Å²) >= 11 is 0. The molecule has 1 fully saturated rings. The molecule has 0 spiro atoms. The fourth-order valence-corrected chi connectivity index (χ4v) is 3.99. The molecule has 0 unspecified atom stereocenters. The minimum atomic E-state index is -0.823. The topological polar surface area (TPSA) is 85.4 Å². The van der Waals surface area contributed by atoms with Gasteiger partial charge in [-0.1, -0.05) is 19.9 Å². The van der Waals surface area contributed by atoms with Crippen LogP contribution in [0.4, 0.5) is 5.69 Å². The second-order valence-electron chi connectivity index (χ2n) is 8.01. The molecular formula is C26H32N2O6. The molecule has 2 aromatic carbocycles. The number of carbonyl (C=O) groups excluding carboxylic acids is 3. The van der Waals surface area contributed by atoms with Crippen molar-refractivity contribution in [1.82, 2.24) is 4.90 Å². The molecule has 0 saturated carbocycles. The molecule has 0 bridgehead atoms. The number of carbonyl (C=O) groups is 3. The van der Waals surface area contributed by atoms with Crippen molar-refractivity contribution in [2.75, 3.05) is 32.3 Å². The minimum Gasteiger partial charge on any atom is -0.494 e. The zero-order valence-electron chi connectivity index (χ0n) is 20.2. The summed E-state index contributed by atoms with van der Waals surface area (Å²) in [5.74, 6) is 1.01. The van der Waals surface area contributed by atoms with Crippen LogP contribution in [0.15, 0.2) is 42.5 Å². The van der Waals surface area contributed by atoms with Crippen LogP contribution < -0.4 is 19.1 Å². The monoisotopic (exact) mass is 468 g/mol. The summed E-state index contributed by atoms with van der Waals surface area (Å²) < 4.78 is 16.2. The van der Waals surface area contributed by atoms with Crippen LogP contribution in [0.2, 0.25) is 0 Å². The zero-order chi connectivity index (χ0) is 24.7. The number of nitrogens with zero attached hydrogens (tertiary/aromatic N) is 2. The Kier molecular flexibility index (Phi) is 8.51. The maximum absolute atomic E-state index is 13.3. The molecule has 3 rings (SSSR count). The van der Waals surface area contributed by atoms with Crippen LogP contribution in [-0.2, 0) is 20.8 Å². The summed E-state index contributed by atoms with van der Waals surface area (Å²) in [6.07, 6.45) is 1.60. The highest BCUT2D eigenvalue weighted by Gasteiger charge is 2.43. The Balaban J connectivity index is 1.76. The molecule has 1 atom stereocenters. The van der Waals surface area contributed by atoms with E-state index in [2.05, 4.69) is 0 Å². The van der Waals surface area contributed by atoms with E-state index < -0.39 is 6.04 Å². The van der Waals surface area contributed by atoms with Crippen molar-refractivity contribution in [2.45, 2.75) is 45.6 Å². The number of amides is 3. The van der Waals surface area contributed by atoms with Gasteiger partial charge in [0.25, 0.3) is 5.91 Å². The first-order valence-electron chi connectivity index (χ1n) is 11.5. The third kappa shape index (κ3) is 5.50. The van der Waals surface area contributed by atoms with Gasteiger partial charge in [-0.2, -0.15) is 0 Å². The SMILES string of the molecule is CCCOc1ccc(N2C(=O)C[C@@H](N(CCc3ccc(OC)c(OC)c3)C(=O)CC)C2=O)cc1. The van der Waals surface area contributed by atoms with E-state index >= 15 is 0 Å². The van der Waals surface area contributed by atoms with Crippen LogP contribution in [-0.4, -0.2) is 56.0 Å². The molecule has 8 nitrogen and oxygen atoms in total. The van der Waals surface area contributed by atoms with Crippen molar-refractivity contribution in [1.29, 1.82) is 0 Å². The lowest BCUT2D eigenvalue weighted by molar-refractivity contribution is -0.138. The molecule has 1 saturated heterocycles. The first-order valence-corrected chi connectivity index (χ1v) is 11.5. The number of rotatable bonds is 11. The van der Waals surface area contributed by atoms with E-state index in [4.69, 9.17) is 14.2 Å². The molecule has 1 aliphatic heterocycles. The predicted molar refractivity (Wildman–Crippen MR) is 128 cm³/mol. The van der Waals surface area contributed by atoms with E-state index in [9.17, 15) is 14.4 Å². The first kappa shape index (κ1) is 25.1. The van der Waals surface area contributed by atoms with Crippen LogP contribution in [0.5, 0.6) is 17.2 Å². The van der Waals surface area contributed by atoms with Gasteiger partial charge in [0, 0.05) is 13.0 Å². The van der Waals surface area contributed by atoms with Crippen LogP contribution in [0.25, 0.3) is 0 Å². The van der Waals surface area contributed by atoms with Gasteiger partial charge in [-0.05, 0) is 54.8 Å². The van der Waals surface area contributed by atoms with Crippen LogP contribution >= 0.6 is 0 Å². The van der Waals surface area contributed by atoms with Gasteiger partial charge in [0.05, 0.1) is 32.9 Å². The summed E-state index contributed by atoms with van der Waals surface area (Å²) in [7, 11) is 3.13. The van der Waals surface area contributed by atoms with Gasteiger partial charge < -0.3 is 19.1 Å². The summed E-state index contributed by atoms with van der Waals surface area (Å²) in [4.78, 5) is 41.5. The van der Waals surface area contributed by atoms with Crippen molar-refractivity contribution < 1.29 is 28.6 Å². The lowest BCUT2D eigenvalue weighted by atomic mass is 10.1. The van der Waals surface area contributed by atoms with Crippen LogP contribution in [0.3, 0.4) is 0 Å². The van der Waals surface area contributed by atoms with E-state index in [-0.39, 0.29) is 30.6 Å². The molecule has 0 radical (unpaired) electrons. The van der Waals surface area contributed by atoms with E-state index in [1.54, 1.807) is 51.5 Å². The Bertz CT molecular complexity index is 1020. The Morgan fingerprint density at radius 1 is 1.03 bits per heavy atom. The zero-order valence-corrected chi connectivity index (χ0v) is 20.2. The number of hydrogen-bond acceptors (Lipinski definition) is 6. The Labute approximate surface area is 200 Å². The number of benzene rings is 2. The van der Waals surface area contributed by atoms with E-state index in [0.29, 0.717) is 42.5 Å². The third-order valence-corrected chi connectivity index (χ3v) is 5.78. The van der Waals surface area contributed by atoms with E-state index in [1.807, 2.05) is 19.1 Å². The summed E-state index contributed by atoms with van der Waals surface area (Å²) in [5, 5.41) is 0. The van der Waals surface area contributed by atoms with Gasteiger partial charge >= 0.3 is 0 Å². The second kappa shape index (κ2) is 11.5. The Hall–Kier alpha value is -3.55. The summed E-state index contributed by atoms with van der Waals surface area (Å²) in [6, 6.07) is 11.6. The average molecular weight is 469 g/mol. The Morgan fingerprint density at radius 2 is 1.74 bits per heavy atom. The quantitative estimate of drug-likeness (QED) is 0.469. The third-order valence-electron chi connectivity index (χ3n) is 5.78. The first-order chi connectivity index (χ1) is 16.4. The molecule has 1 heterocycles. The normalized spacial score (nSPS) is 15.4. The fraction of sp³-hybridized carbons (Fsp3) is 0.423. The van der Waals surface area contributed by atoms with Crippen molar-refractivity contribution >= 4 is 23.4 Å². The van der Waals surface area contributed by atoms with Crippen molar-refractivity contribution in [2.24, 2.45) is 0 Å². The molecular weight excluding hydrogens is 436 g/mol. The van der Waals surface area contributed by atoms with Crippen molar-refractivity contribution in [3.8, 4) is 17.2 Å². The average Bonchev–Trinajstić information content (AvgIpc) is 3.16. The smallest absolute Gasteiger partial charge is 0.257 e. The molecule has 0 N–H and O–H groups in total. The molecule has 34 heavy (non-hydrogen) atoms. The lowest BCUT2D eigenvalue weighted by Gasteiger charge is -2.27. The predicted octanol–water partition coefficient (Wildman–Crippen LogP) is 3.61. The number of ether oxygens (including phenoxy) is 3. The minimum absolute atomic E-state index is 0.0371. The highest BCUT2D eigenvalue weighted by atomic mass is 16.5. The maximum Gasteiger partial charge on any atom is 0.257 e. The van der Waals surface area contributed by atoms with Crippen molar-refractivity contribution in [3.63, 3.8) is 0 Å². The fourth-order valence-electron chi connectivity index (χ4n) is 3.99. The van der Waals surface area contributed by atoms with Gasteiger partial charge in [-0.25, -0.2) is 4.90 Å². The van der Waals surface area contributed by atoms with Gasteiger partial charge in [0.15, 0.2) is 11.5 Å². The van der Waals surface area contributed by atoms with Gasteiger partial charge in [-0.3, -0.25) is 14.4 Å². The summed E-state index contributed by atoms with van der Waals surface area (Å²) in [6.45, 7) is 4.67. The van der Waals surface area contributed by atoms with Gasteiger partial charge in [0.1, 0.15) is 11.8 Å². The molecule has 0 aliphatic carbocycles. The molecule has 182 valence electrons. The summed E-state index contributed by atoms with van der Waals surface area (Å²) in [5.41, 5.74) is 1.41. The standard InChI is InChI=1S/C26H32N2O6/c1-5-15-34-20-10-8-19(9-11-20)28-25(30)17-21(26(28)31)27(24(29)6-2)14-13-18-7-12-22(32-3)23(16-18)33-4/h7-12,16,21H,5-6,13-15,17H2,1-4H3/t21-/m1/s1. The van der Waals surface area contributed by atoms with Gasteiger partial charge in [0.2, 0.25) is 11.8 Å². The maximum atomic E-state index is 13.3. The lowest BCUT2D eigenvalue weighted by Crippen LogP contribution is -2.46. The molecule has 2 aromatic rings. The van der Waals surface area contributed by atoms with Crippen LogP contribution in [0, 0.1) is 0 Å². The molecule has 0 aromatic heterocycles.